The van der Waals surface area contributed by atoms with Crippen molar-refractivity contribution >= 4 is 34.7 Å². The second-order valence-corrected chi connectivity index (χ2v) is 6.87. The van der Waals surface area contributed by atoms with Crippen molar-refractivity contribution < 1.29 is 0 Å². The van der Waals surface area contributed by atoms with Gasteiger partial charge in [-0.3, -0.25) is 0 Å². The Hall–Kier alpha value is -0.550. The molecule has 0 saturated carbocycles. The maximum Gasteiger partial charge on any atom is 0.154 e. The summed E-state index contributed by atoms with van der Waals surface area (Å²) in [5.41, 5.74) is 2.31. The lowest BCUT2D eigenvalue weighted by atomic mass is 10.2. The van der Waals surface area contributed by atoms with Gasteiger partial charge in [-0.2, -0.15) is 0 Å². The average Bonchev–Trinajstić information content (AvgIpc) is 2.78. The van der Waals surface area contributed by atoms with E-state index in [4.69, 9.17) is 11.6 Å². The van der Waals surface area contributed by atoms with E-state index >= 15 is 0 Å². The van der Waals surface area contributed by atoms with Crippen LogP contribution in [-0.4, -0.2) is 11.5 Å². The maximum absolute atomic E-state index is 6.09. The van der Waals surface area contributed by atoms with Gasteiger partial charge >= 0.3 is 0 Å². The molecule has 102 valence electrons. The number of rotatable bonds is 6. The minimum absolute atomic E-state index is 0.785. The first-order valence-corrected chi connectivity index (χ1v) is 8.35. The lowest BCUT2D eigenvalue weighted by molar-refractivity contribution is 0.669. The summed E-state index contributed by atoms with van der Waals surface area (Å²) in [5, 5.41) is 6.28. The molecule has 1 aromatic carbocycles. The van der Waals surface area contributed by atoms with Gasteiger partial charge < -0.3 is 5.32 Å². The van der Waals surface area contributed by atoms with E-state index in [1.165, 1.54) is 10.5 Å². The smallest absolute Gasteiger partial charge is 0.154 e. The zero-order chi connectivity index (χ0) is 13.7. The molecule has 2 aromatic rings. The third-order valence-electron chi connectivity index (χ3n) is 2.56. The number of benzene rings is 1. The van der Waals surface area contributed by atoms with E-state index in [9.17, 15) is 0 Å². The second kappa shape index (κ2) is 7.29. The Morgan fingerprint density at radius 2 is 2.26 bits per heavy atom. The van der Waals surface area contributed by atoms with Gasteiger partial charge in [-0.15, -0.1) is 11.3 Å². The molecular weight excluding hydrogens is 296 g/mol. The summed E-state index contributed by atoms with van der Waals surface area (Å²) in [6.45, 7) is 6.05. The first kappa shape index (κ1) is 14.9. The molecule has 0 unspecified atom stereocenters. The molecule has 0 fully saturated rings. The van der Waals surface area contributed by atoms with E-state index in [-0.39, 0.29) is 0 Å². The number of hydrogen-bond donors (Lipinski definition) is 1. The summed E-state index contributed by atoms with van der Waals surface area (Å²) in [6, 6.07) is 6.05. The van der Waals surface area contributed by atoms with Gasteiger partial charge in [0.05, 0.1) is 0 Å². The molecule has 1 aromatic heterocycles. The fourth-order valence-corrected chi connectivity index (χ4v) is 3.76. The molecule has 1 N–H and O–H groups in total. The summed E-state index contributed by atoms with van der Waals surface area (Å²) >= 11 is 9.48. The van der Waals surface area contributed by atoms with E-state index in [0.29, 0.717) is 0 Å². The van der Waals surface area contributed by atoms with Crippen LogP contribution in [0.2, 0.25) is 5.02 Å². The Labute approximate surface area is 127 Å². The highest BCUT2D eigenvalue weighted by Crippen LogP contribution is 2.33. The zero-order valence-corrected chi connectivity index (χ0v) is 13.5. The highest BCUT2D eigenvalue weighted by atomic mass is 35.5. The van der Waals surface area contributed by atoms with Gasteiger partial charge in [0.15, 0.2) is 4.34 Å². The molecule has 19 heavy (non-hydrogen) atoms. The van der Waals surface area contributed by atoms with Crippen LogP contribution in [0, 0.1) is 6.92 Å². The summed E-state index contributed by atoms with van der Waals surface area (Å²) in [4.78, 5) is 5.72. The number of nitrogens with zero attached hydrogens (tertiary/aromatic N) is 1. The molecule has 0 atom stereocenters. The van der Waals surface area contributed by atoms with Gasteiger partial charge in [0, 0.05) is 27.5 Å². The molecule has 5 heteroatoms. The molecule has 0 saturated heterocycles. The van der Waals surface area contributed by atoms with Crippen LogP contribution in [0.1, 0.15) is 24.6 Å². The normalized spacial score (nSPS) is 10.9. The summed E-state index contributed by atoms with van der Waals surface area (Å²) in [7, 11) is 0. The van der Waals surface area contributed by atoms with E-state index < -0.39 is 0 Å². The molecule has 0 aliphatic heterocycles. The van der Waals surface area contributed by atoms with Crippen LogP contribution in [-0.2, 0) is 6.54 Å². The third kappa shape index (κ3) is 4.49. The fraction of sp³-hybridized carbons (Fsp3) is 0.357. The van der Waals surface area contributed by atoms with Crippen molar-refractivity contribution in [1.29, 1.82) is 0 Å². The number of nitrogens with one attached hydrogen (secondary N) is 1. The van der Waals surface area contributed by atoms with Gasteiger partial charge in [0.25, 0.3) is 0 Å². The lowest BCUT2D eigenvalue weighted by Gasteiger charge is -2.09. The second-order valence-electron chi connectivity index (χ2n) is 4.29. The highest BCUT2D eigenvalue weighted by molar-refractivity contribution is 8.01. The predicted octanol–water partition coefficient (Wildman–Crippen LogP) is 4.76. The van der Waals surface area contributed by atoms with Crippen molar-refractivity contribution in [2.45, 2.75) is 36.0 Å². The minimum Gasteiger partial charge on any atom is -0.313 e. The van der Waals surface area contributed by atoms with Crippen LogP contribution in [0.5, 0.6) is 0 Å². The topological polar surface area (TPSA) is 24.9 Å². The van der Waals surface area contributed by atoms with Crippen molar-refractivity contribution in [3.63, 3.8) is 0 Å². The molecule has 0 bridgehead atoms. The molecule has 0 spiro atoms. The van der Waals surface area contributed by atoms with Gasteiger partial charge in [-0.1, -0.05) is 30.3 Å². The Kier molecular flexibility index (Phi) is 5.70. The first-order chi connectivity index (χ1) is 9.19. The van der Waals surface area contributed by atoms with Gasteiger partial charge in [-0.25, -0.2) is 4.98 Å². The van der Waals surface area contributed by atoms with Crippen LogP contribution in [0.15, 0.2) is 32.8 Å². The quantitative estimate of drug-likeness (QED) is 0.779. The van der Waals surface area contributed by atoms with Crippen LogP contribution in [0.25, 0.3) is 0 Å². The number of aryl methyl sites for hydroxylation is 1. The van der Waals surface area contributed by atoms with E-state index in [1.807, 2.05) is 19.1 Å². The minimum atomic E-state index is 0.785. The molecule has 2 rings (SSSR count). The highest BCUT2D eigenvalue weighted by Gasteiger charge is 2.07. The van der Waals surface area contributed by atoms with Crippen LogP contribution < -0.4 is 5.32 Å². The lowest BCUT2D eigenvalue weighted by Crippen LogP contribution is -2.14. The van der Waals surface area contributed by atoms with Crippen LogP contribution >= 0.6 is 34.7 Å². The van der Waals surface area contributed by atoms with Gasteiger partial charge in [0.2, 0.25) is 0 Å². The Morgan fingerprint density at radius 1 is 1.42 bits per heavy atom. The van der Waals surface area contributed by atoms with Crippen LogP contribution in [0.3, 0.4) is 0 Å². The van der Waals surface area contributed by atoms with Crippen molar-refractivity contribution in [2.24, 2.45) is 0 Å². The van der Waals surface area contributed by atoms with Crippen molar-refractivity contribution in [3.8, 4) is 0 Å². The van der Waals surface area contributed by atoms with E-state index in [0.717, 1.165) is 34.6 Å². The predicted molar refractivity (Wildman–Crippen MR) is 84.4 cm³/mol. The standard InChI is InChI=1S/C14H17ClN2S2/c1-3-6-16-8-11-7-12(15)4-5-13(11)19-14-17-10(2)9-18-14/h4-5,7,9,16H,3,6,8H2,1-2H3. The SMILES string of the molecule is CCCNCc1cc(Cl)ccc1Sc1nc(C)cs1. The summed E-state index contributed by atoms with van der Waals surface area (Å²) in [5.74, 6) is 0. The zero-order valence-electron chi connectivity index (χ0n) is 11.1. The fourth-order valence-electron chi connectivity index (χ4n) is 1.66. The number of hydrogen-bond acceptors (Lipinski definition) is 4. The summed E-state index contributed by atoms with van der Waals surface area (Å²) in [6.07, 6.45) is 1.13. The van der Waals surface area contributed by atoms with Crippen molar-refractivity contribution in [3.05, 3.63) is 39.9 Å². The molecular formula is C14H17ClN2S2. The molecule has 0 aliphatic carbocycles. The number of aromatic nitrogens is 1. The average molecular weight is 313 g/mol. The Balaban J connectivity index is 2.14. The third-order valence-corrected chi connectivity index (χ3v) is 4.97. The summed E-state index contributed by atoms with van der Waals surface area (Å²) < 4.78 is 1.08. The molecule has 1 heterocycles. The van der Waals surface area contributed by atoms with Crippen molar-refractivity contribution in [2.75, 3.05) is 6.54 Å². The Morgan fingerprint density at radius 3 is 2.95 bits per heavy atom. The van der Waals surface area contributed by atoms with E-state index in [2.05, 4.69) is 28.7 Å². The van der Waals surface area contributed by atoms with Crippen molar-refractivity contribution in [1.82, 2.24) is 10.3 Å². The molecule has 0 amide bonds. The number of halogens is 1. The molecule has 2 nitrogen and oxygen atoms in total. The van der Waals surface area contributed by atoms with Crippen LogP contribution in [0.4, 0.5) is 0 Å². The molecule has 0 radical (unpaired) electrons. The molecule has 0 aliphatic rings. The van der Waals surface area contributed by atoms with Gasteiger partial charge in [-0.05, 0) is 43.7 Å². The Bertz CT molecular complexity index is 540. The monoisotopic (exact) mass is 312 g/mol. The van der Waals surface area contributed by atoms with E-state index in [1.54, 1.807) is 23.1 Å². The maximum atomic E-state index is 6.09. The largest absolute Gasteiger partial charge is 0.313 e. The van der Waals surface area contributed by atoms with Gasteiger partial charge in [0.1, 0.15) is 0 Å². The number of thiazole rings is 1. The first-order valence-electron chi connectivity index (χ1n) is 6.28.